The van der Waals surface area contributed by atoms with Gasteiger partial charge < -0.3 is 10.4 Å². The van der Waals surface area contributed by atoms with Crippen molar-refractivity contribution in [3.05, 3.63) is 0 Å². The average Bonchev–Trinajstić information content (AvgIpc) is 3.11. The Labute approximate surface area is 106 Å². The highest BCUT2D eigenvalue weighted by Crippen LogP contribution is 2.60. The average molecular weight is 252 g/mol. The monoisotopic (exact) mass is 252 g/mol. The number of hydroxylamine groups is 2. The molecule has 2 saturated carbocycles. The van der Waals surface area contributed by atoms with Gasteiger partial charge in [0, 0.05) is 0 Å². The van der Waals surface area contributed by atoms with Crippen molar-refractivity contribution in [2.45, 2.75) is 74.8 Å². The Morgan fingerprint density at radius 1 is 1.06 bits per heavy atom. The first-order chi connectivity index (χ1) is 8.63. The molecule has 5 nitrogen and oxygen atoms in total. The SMILES string of the molecule is O=C1NC2(CCCCC2)N2O[C@@]23CCCC[C@]13O. The molecular weight excluding hydrogens is 232 g/mol. The molecule has 2 aliphatic carbocycles. The maximum atomic E-state index is 12.4. The van der Waals surface area contributed by atoms with E-state index in [1.165, 1.54) is 6.42 Å². The zero-order valence-electron chi connectivity index (χ0n) is 10.6. The van der Waals surface area contributed by atoms with E-state index in [0.717, 1.165) is 44.9 Å². The van der Waals surface area contributed by atoms with Crippen LogP contribution in [0.4, 0.5) is 0 Å². The van der Waals surface area contributed by atoms with Gasteiger partial charge in [-0.2, -0.15) is 0 Å². The number of carbonyl (C=O) groups excluding carboxylic acids is 1. The van der Waals surface area contributed by atoms with E-state index in [0.29, 0.717) is 6.42 Å². The van der Waals surface area contributed by atoms with Gasteiger partial charge in [-0.15, -0.1) is 5.06 Å². The molecule has 2 spiro atoms. The number of hydrogen-bond donors (Lipinski definition) is 2. The van der Waals surface area contributed by atoms with Gasteiger partial charge in [0.1, 0.15) is 5.66 Å². The molecule has 2 heterocycles. The molecule has 2 saturated heterocycles. The molecule has 4 rings (SSSR count). The number of rotatable bonds is 0. The second kappa shape index (κ2) is 3.26. The Kier molecular flexibility index (Phi) is 2.03. The Bertz CT molecular complexity index is 407. The van der Waals surface area contributed by atoms with E-state index in [-0.39, 0.29) is 11.6 Å². The van der Waals surface area contributed by atoms with Gasteiger partial charge in [-0.25, -0.2) is 0 Å². The Morgan fingerprint density at radius 2 is 1.72 bits per heavy atom. The molecule has 0 aromatic carbocycles. The van der Waals surface area contributed by atoms with E-state index in [9.17, 15) is 9.90 Å². The summed E-state index contributed by atoms with van der Waals surface area (Å²) in [6.45, 7) is 0. The van der Waals surface area contributed by atoms with Crippen LogP contribution in [0.3, 0.4) is 0 Å². The van der Waals surface area contributed by atoms with Crippen LogP contribution in [0.15, 0.2) is 0 Å². The van der Waals surface area contributed by atoms with Crippen molar-refractivity contribution in [3.8, 4) is 0 Å². The van der Waals surface area contributed by atoms with Crippen molar-refractivity contribution in [1.29, 1.82) is 0 Å². The van der Waals surface area contributed by atoms with Gasteiger partial charge in [0.05, 0.1) is 0 Å². The van der Waals surface area contributed by atoms with Crippen LogP contribution in [0.1, 0.15) is 57.8 Å². The van der Waals surface area contributed by atoms with E-state index in [2.05, 4.69) is 5.32 Å². The molecule has 4 aliphatic rings. The second-order valence-corrected chi connectivity index (χ2v) is 6.28. The molecule has 1 amide bonds. The van der Waals surface area contributed by atoms with Crippen LogP contribution in [0.5, 0.6) is 0 Å². The van der Waals surface area contributed by atoms with Crippen LogP contribution in [0.2, 0.25) is 0 Å². The molecule has 18 heavy (non-hydrogen) atoms. The fourth-order valence-corrected chi connectivity index (χ4v) is 4.22. The maximum absolute atomic E-state index is 12.4. The van der Waals surface area contributed by atoms with Crippen molar-refractivity contribution in [2.24, 2.45) is 0 Å². The third-order valence-electron chi connectivity index (χ3n) is 5.28. The van der Waals surface area contributed by atoms with Crippen molar-refractivity contribution in [2.75, 3.05) is 0 Å². The highest BCUT2D eigenvalue weighted by molar-refractivity contribution is 5.89. The predicted octanol–water partition coefficient (Wildman–Crippen LogP) is 1.03. The maximum Gasteiger partial charge on any atom is 0.258 e. The van der Waals surface area contributed by atoms with E-state index in [1.54, 1.807) is 0 Å². The first kappa shape index (κ1) is 11.2. The summed E-state index contributed by atoms with van der Waals surface area (Å²) in [5, 5.41) is 15.7. The zero-order chi connectivity index (χ0) is 12.4. The van der Waals surface area contributed by atoms with E-state index >= 15 is 0 Å². The summed E-state index contributed by atoms with van der Waals surface area (Å²) in [6.07, 6.45) is 8.57. The van der Waals surface area contributed by atoms with Gasteiger partial charge in [0.25, 0.3) is 5.91 Å². The number of hydrogen-bond acceptors (Lipinski definition) is 4. The van der Waals surface area contributed by atoms with Crippen LogP contribution in [-0.4, -0.2) is 33.1 Å². The molecule has 0 aromatic heterocycles. The van der Waals surface area contributed by atoms with Gasteiger partial charge in [0.15, 0.2) is 5.60 Å². The zero-order valence-corrected chi connectivity index (χ0v) is 10.6. The summed E-state index contributed by atoms with van der Waals surface area (Å²) < 4.78 is 0. The summed E-state index contributed by atoms with van der Waals surface area (Å²) in [6, 6.07) is 0. The quantitative estimate of drug-likeness (QED) is 0.632. The van der Waals surface area contributed by atoms with Crippen LogP contribution in [0.25, 0.3) is 0 Å². The number of carbonyl (C=O) groups is 1. The van der Waals surface area contributed by atoms with Gasteiger partial charge in [-0.3, -0.25) is 9.63 Å². The molecule has 2 N–H and O–H groups in total. The molecule has 3 atom stereocenters. The summed E-state index contributed by atoms with van der Waals surface area (Å²) in [4.78, 5) is 18.2. The van der Waals surface area contributed by atoms with Crippen LogP contribution in [-0.2, 0) is 9.63 Å². The van der Waals surface area contributed by atoms with Crippen molar-refractivity contribution < 1.29 is 14.7 Å². The van der Waals surface area contributed by atoms with Crippen molar-refractivity contribution >= 4 is 5.91 Å². The summed E-state index contributed by atoms with van der Waals surface area (Å²) in [5.74, 6) is -0.210. The van der Waals surface area contributed by atoms with Crippen molar-refractivity contribution in [1.82, 2.24) is 10.4 Å². The number of amides is 1. The molecule has 100 valence electrons. The Balaban J connectivity index is 1.72. The summed E-state index contributed by atoms with van der Waals surface area (Å²) >= 11 is 0. The fraction of sp³-hybridized carbons (Fsp3) is 0.923. The first-order valence-electron chi connectivity index (χ1n) is 7.18. The minimum absolute atomic E-state index is 0.210. The van der Waals surface area contributed by atoms with E-state index in [1.807, 2.05) is 5.06 Å². The van der Waals surface area contributed by atoms with Gasteiger partial charge in [0.2, 0.25) is 5.72 Å². The molecule has 4 fully saturated rings. The summed E-state index contributed by atoms with van der Waals surface area (Å²) in [5.41, 5.74) is -2.36. The second-order valence-electron chi connectivity index (χ2n) is 6.28. The third-order valence-corrected chi connectivity index (χ3v) is 5.28. The van der Waals surface area contributed by atoms with Crippen molar-refractivity contribution in [3.63, 3.8) is 0 Å². The lowest BCUT2D eigenvalue weighted by molar-refractivity contribution is -0.166. The lowest BCUT2D eigenvalue weighted by Crippen LogP contribution is -2.73. The normalized spacial score (nSPS) is 49.2. The lowest BCUT2D eigenvalue weighted by Gasteiger charge is -2.48. The molecule has 5 heteroatoms. The van der Waals surface area contributed by atoms with E-state index in [4.69, 9.17) is 4.84 Å². The molecule has 0 aromatic rings. The highest BCUT2D eigenvalue weighted by Gasteiger charge is 2.80. The van der Waals surface area contributed by atoms with Crippen LogP contribution in [0, 0.1) is 0 Å². The van der Waals surface area contributed by atoms with E-state index < -0.39 is 11.3 Å². The van der Waals surface area contributed by atoms with Crippen LogP contribution < -0.4 is 5.32 Å². The Morgan fingerprint density at radius 3 is 2.50 bits per heavy atom. The highest BCUT2D eigenvalue weighted by atomic mass is 16.9. The predicted molar refractivity (Wildman–Crippen MR) is 63.0 cm³/mol. The summed E-state index contributed by atoms with van der Waals surface area (Å²) in [7, 11) is 0. The molecular formula is C13H20N2O3. The number of fused-ring (bicyclic) bond motifs is 1. The molecule has 0 bridgehead atoms. The lowest BCUT2D eigenvalue weighted by atomic mass is 9.73. The standard InChI is InChI=1S/C13H20N2O3/c16-10-12(17)8-4-5-9-13(12)15(18-13)11(14-10)6-2-1-3-7-11/h17H,1-9H2,(H,14,16)/t12-,13+,15?/m0/s1. The Hall–Kier alpha value is -0.650. The van der Waals surface area contributed by atoms with Gasteiger partial charge >= 0.3 is 0 Å². The topological polar surface area (TPSA) is 64.9 Å². The minimum atomic E-state index is -1.33. The molecule has 1 unspecified atom stereocenters. The number of aliphatic hydroxyl groups is 1. The smallest absolute Gasteiger partial charge is 0.258 e. The minimum Gasteiger partial charge on any atom is -0.376 e. The number of nitrogens with zero attached hydrogens (tertiary/aromatic N) is 1. The fourth-order valence-electron chi connectivity index (χ4n) is 4.22. The van der Waals surface area contributed by atoms with Gasteiger partial charge in [-0.05, 0) is 51.4 Å². The molecule has 0 radical (unpaired) electrons. The van der Waals surface area contributed by atoms with Gasteiger partial charge in [-0.1, -0.05) is 6.42 Å². The first-order valence-corrected chi connectivity index (χ1v) is 7.18. The largest absolute Gasteiger partial charge is 0.376 e. The third kappa shape index (κ3) is 1.11. The molecule has 2 aliphatic heterocycles. The van der Waals surface area contributed by atoms with Crippen LogP contribution >= 0.6 is 0 Å². The number of nitrogens with one attached hydrogen (secondary N) is 1.